The highest BCUT2D eigenvalue weighted by Gasteiger charge is 2.29. The fraction of sp³-hybridized carbons (Fsp3) is 0.286. The van der Waals surface area contributed by atoms with E-state index >= 15 is 0 Å². The molecule has 0 aliphatic carbocycles. The number of carbonyl (C=O) groups excluding carboxylic acids is 1. The maximum Gasteiger partial charge on any atom is 0.387 e. The number of alkyl halides is 2. The SMILES string of the molecule is Cc1ccc(NC(=O)c2c([N+](=O)[O-])c(C)nn2C)c(OC(F)F)c1. The molecule has 0 fully saturated rings. The second-order valence-electron chi connectivity index (χ2n) is 5.00. The summed E-state index contributed by atoms with van der Waals surface area (Å²) >= 11 is 0. The van der Waals surface area contributed by atoms with E-state index in [0.29, 0.717) is 5.56 Å². The van der Waals surface area contributed by atoms with Gasteiger partial charge in [0, 0.05) is 7.05 Å². The van der Waals surface area contributed by atoms with Crippen LogP contribution in [0.2, 0.25) is 0 Å². The molecule has 8 nitrogen and oxygen atoms in total. The van der Waals surface area contributed by atoms with E-state index in [9.17, 15) is 23.7 Å². The zero-order valence-corrected chi connectivity index (χ0v) is 13.0. The van der Waals surface area contributed by atoms with Crippen molar-refractivity contribution < 1.29 is 23.2 Å². The summed E-state index contributed by atoms with van der Waals surface area (Å²) in [6.45, 7) is -0.0125. The number of rotatable bonds is 5. The molecule has 0 atom stereocenters. The van der Waals surface area contributed by atoms with E-state index in [-0.39, 0.29) is 22.8 Å². The van der Waals surface area contributed by atoms with Crippen LogP contribution in [-0.2, 0) is 7.05 Å². The molecule has 128 valence electrons. The van der Waals surface area contributed by atoms with Crippen LogP contribution >= 0.6 is 0 Å². The summed E-state index contributed by atoms with van der Waals surface area (Å²) < 4.78 is 30.4. The first-order valence-electron chi connectivity index (χ1n) is 6.75. The number of amides is 1. The van der Waals surface area contributed by atoms with Crippen LogP contribution in [0.1, 0.15) is 21.7 Å². The van der Waals surface area contributed by atoms with Crippen molar-refractivity contribution in [2.24, 2.45) is 7.05 Å². The van der Waals surface area contributed by atoms with Gasteiger partial charge in [0.2, 0.25) is 5.69 Å². The van der Waals surface area contributed by atoms with Crippen molar-refractivity contribution in [1.29, 1.82) is 0 Å². The minimum atomic E-state index is -3.07. The molecule has 1 N–H and O–H groups in total. The van der Waals surface area contributed by atoms with Crippen molar-refractivity contribution in [3.8, 4) is 5.75 Å². The van der Waals surface area contributed by atoms with Crippen LogP contribution in [0, 0.1) is 24.0 Å². The number of nitrogens with one attached hydrogen (secondary N) is 1. The van der Waals surface area contributed by atoms with Crippen LogP contribution in [0.5, 0.6) is 5.75 Å². The van der Waals surface area contributed by atoms with Gasteiger partial charge in [0.15, 0.2) is 0 Å². The van der Waals surface area contributed by atoms with E-state index in [4.69, 9.17) is 0 Å². The van der Waals surface area contributed by atoms with E-state index in [0.717, 1.165) is 4.68 Å². The molecule has 1 aromatic carbocycles. The highest BCUT2D eigenvalue weighted by molar-refractivity contribution is 6.06. The van der Waals surface area contributed by atoms with Crippen molar-refractivity contribution in [2.45, 2.75) is 20.5 Å². The van der Waals surface area contributed by atoms with Crippen molar-refractivity contribution >= 4 is 17.3 Å². The Morgan fingerprint density at radius 1 is 1.42 bits per heavy atom. The van der Waals surface area contributed by atoms with E-state index in [1.165, 1.54) is 26.1 Å². The first-order valence-corrected chi connectivity index (χ1v) is 6.75. The maximum atomic E-state index is 12.5. The largest absolute Gasteiger partial charge is 0.433 e. The number of aryl methyl sites for hydroxylation is 3. The number of nitro groups is 1. The third kappa shape index (κ3) is 3.47. The molecule has 0 saturated heterocycles. The Hall–Kier alpha value is -3.04. The Morgan fingerprint density at radius 3 is 2.67 bits per heavy atom. The van der Waals surface area contributed by atoms with Gasteiger partial charge in [-0.2, -0.15) is 13.9 Å². The highest BCUT2D eigenvalue weighted by Crippen LogP contribution is 2.29. The van der Waals surface area contributed by atoms with Crippen LogP contribution in [0.3, 0.4) is 0 Å². The summed E-state index contributed by atoms with van der Waals surface area (Å²) in [5, 5.41) is 17.3. The number of aromatic nitrogens is 2. The van der Waals surface area contributed by atoms with Gasteiger partial charge in [-0.15, -0.1) is 0 Å². The number of hydrogen-bond acceptors (Lipinski definition) is 5. The van der Waals surface area contributed by atoms with Gasteiger partial charge in [0.1, 0.15) is 11.4 Å². The smallest absolute Gasteiger partial charge is 0.387 e. The number of benzene rings is 1. The zero-order chi connectivity index (χ0) is 18.0. The quantitative estimate of drug-likeness (QED) is 0.666. The lowest BCUT2D eigenvalue weighted by Crippen LogP contribution is -2.18. The first kappa shape index (κ1) is 17.3. The van der Waals surface area contributed by atoms with Crippen LogP contribution in [0.25, 0.3) is 0 Å². The monoisotopic (exact) mass is 340 g/mol. The van der Waals surface area contributed by atoms with E-state index < -0.39 is 23.1 Å². The Balaban J connectivity index is 2.39. The number of hydrogen-bond donors (Lipinski definition) is 1. The Morgan fingerprint density at radius 2 is 2.08 bits per heavy atom. The number of anilines is 1. The van der Waals surface area contributed by atoms with E-state index in [1.54, 1.807) is 13.0 Å². The van der Waals surface area contributed by atoms with Crippen LogP contribution < -0.4 is 10.1 Å². The summed E-state index contributed by atoms with van der Waals surface area (Å²) in [7, 11) is 1.38. The fourth-order valence-corrected chi connectivity index (χ4v) is 2.23. The first-order chi connectivity index (χ1) is 11.2. The van der Waals surface area contributed by atoms with Crippen molar-refractivity contribution in [3.63, 3.8) is 0 Å². The average molecular weight is 340 g/mol. The summed E-state index contributed by atoms with van der Waals surface area (Å²) in [6.07, 6.45) is 0. The predicted octanol–water partition coefficient (Wildman–Crippen LogP) is 2.80. The van der Waals surface area contributed by atoms with Crippen LogP contribution in [-0.4, -0.2) is 27.2 Å². The molecule has 10 heteroatoms. The summed E-state index contributed by atoms with van der Waals surface area (Å²) in [4.78, 5) is 22.8. The molecule has 1 amide bonds. The van der Waals surface area contributed by atoms with Gasteiger partial charge in [-0.05, 0) is 31.5 Å². The second kappa shape index (κ2) is 6.60. The Labute approximate surface area is 135 Å². The molecule has 2 rings (SSSR count). The third-order valence-electron chi connectivity index (χ3n) is 3.19. The lowest BCUT2D eigenvalue weighted by molar-refractivity contribution is -0.385. The minimum Gasteiger partial charge on any atom is -0.433 e. The summed E-state index contributed by atoms with van der Waals surface area (Å²) in [5.74, 6) is -1.09. The molecular weight excluding hydrogens is 326 g/mol. The predicted molar refractivity (Wildman–Crippen MR) is 80.4 cm³/mol. The van der Waals surface area contributed by atoms with Crippen LogP contribution in [0.4, 0.5) is 20.2 Å². The topological polar surface area (TPSA) is 99.3 Å². The normalized spacial score (nSPS) is 10.8. The number of halogens is 2. The van der Waals surface area contributed by atoms with E-state index in [1.807, 2.05) is 0 Å². The molecule has 0 aliphatic rings. The molecule has 0 unspecified atom stereocenters. The molecule has 0 aliphatic heterocycles. The molecule has 0 spiro atoms. The van der Waals surface area contributed by atoms with Gasteiger partial charge in [-0.25, -0.2) is 0 Å². The van der Waals surface area contributed by atoms with Gasteiger partial charge >= 0.3 is 12.3 Å². The Bertz CT molecular complexity index is 804. The molecule has 0 saturated carbocycles. The lowest BCUT2D eigenvalue weighted by atomic mass is 10.2. The van der Waals surface area contributed by atoms with Gasteiger partial charge in [-0.1, -0.05) is 6.07 Å². The van der Waals surface area contributed by atoms with Gasteiger partial charge in [0.05, 0.1) is 10.6 Å². The third-order valence-corrected chi connectivity index (χ3v) is 3.19. The highest BCUT2D eigenvalue weighted by atomic mass is 19.3. The molecule has 0 radical (unpaired) electrons. The summed E-state index contributed by atoms with van der Waals surface area (Å²) in [5.41, 5.74) is -0.0508. The van der Waals surface area contributed by atoms with Gasteiger partial charge in [-0.3, -0.25) is 19.6 Å². The van der Waals surface area contributed by atoms with Crippen molar-refractivity contribution in [2.75, 3.05) is 5.32 Å². The van der Waals surface area contributed by atoms with Crippen molar-refractivity contribution in [3.05, 3.63) is 45.3 Å². The Kier molecular flexibility index (Phi) is 4.77. The fourth-order valence-electron chi connectivity index (χ4n) is 2.23. The van der Waals surface area contributed by atoms with Gasteiger partial charge < -0.3 is 10.1 Å². The molecule has 1 heterocycles. The minimum absolute atomic E-state index is 0.0287. The van der Waals surface area contributed by atoms with Crippen LogP contribution in [0.15, 0.2) is 18.2 Å². The summed E-state index contributed by atoms with van der Waals surface area (Å²) in [6, 6.07) is 4.28. The molecule has 1 aromatic heterocycles. The average Bonchev–Trinajstić information content (AvgIpc) is 2.75. The van der Waals surface area contributed by atoms with E-state index in [2.05, 4.69) is 15.2 Å². The number of carbonyl (C=O) groups is 1. The molecular formula is C14H14F2N4O4. The number of ether oxygens (including phenoxy) is 1. The maximum absolute atomic E-state index is 12.5. The molecule has 0 bridgehead atoms. The van der Waals surface area contributed by atoms with Crippen molar-refractivity contribution in [1.82, 2.24) is 9.78 Å². The van der Waals surface area contributed by atoms with Gasteiger partial charge in [0.25, 0.3) is 5.91 Å². The molecule has 2 aromatic rings. The second-order valence-corrected chi connectivity index (χ2v) is 5.00. The standard InChI is InChI=1S/C14H14F2N4O4/c1-7-4-5-9(10(6-7)24-14(15)16)17-13(21)12-11(20(22)23)8(2)18-19(12)3/h4-6,14H,1-3H3,(H,17,21). The number of nitrogens with zero attached hydrogens (tertiary/aromatic N) is 3. The molecule has 24 heavy (non-hydrogen) atoms. The zero-order valence-electron chi connectivity index (χ0n) is 13.0. The lowest BCUT2D eigenvalue weighted by Gasteiger charge is -2.12.